The van der Waals surface area contributed by atoms with Crippen LogP contribution in [0.5, 0.6) is 0 Å². The first-order valence-corrected chi connectivity index (χ1v) is 5.87. The van der Waals surface area contributed by atoms with E-state index in [4.69, 9.17) is 5.26 Å². The van der Waals surface area contributed by atoms with Crippen molar-refractivity contribution in [1.29, 1.82) is 5.26 Å². The summed E-state index contributed by atoms with van der Waals surface area (Å²) in [5.41, 5.74) is -1.84. The Hall–Kier alpha value is -1.30. The molecule has 0 spiro atoms. The van der Waals surface area contributed by atoms with Crippen molar-refractivity contribution in [2.75, 3.05) is 6.61 Å². The molecule has 0 heterocycles. The average Bonchev–Trinajstić information content (AvgIpc) is 2.27. The summed E-state index contributed by atoms with van der Waals surface area (Å²) in [6, 6.07) is 3.14. The number of ether oxygens (including phenoxy) is 1. The fourth-order valence-electron chi connectivity index (χ4n) is 1.27. The topological polar surface area (TPSA) is 50.1 Å². The monoisotopic (exact) mass is 369 g/mol. The van der Waals surface area contributed by atoms with Crippen LogP contribution in [0.2, 0.25) is 0 Å². The highest BCUT2D eigenvalue weighted by molar-refractivity contribution is 14.1. The third-order valence-corrected chi connectivity index (χ3v) is 2.92. The number of hydrogen-bond donors (Lipinski definition) is 0. The molecule has 0 N–H and O–H groups in total. The fourth-order valence-corrected chi connectivity index (χ4v) is 1.95. The van der Waals surface area contributed by atoms with E-state index in [2.05, 4.69) is 4.74 Å². The lowest BCUT2D eigenvalue weighted by Gasteiger charge is -2.12. The molecule has 0 aliphatic heterocycles. The second kappa shape index (κ2) is 5.56. The van der Waals surface area contributed by atoms with Crippen LogP contribution in [0.4, 0.5) is 13.2 Å². The number of halogens is 4. The summed E-state index contributed by atoms with van der Waals surface area (Å²) in [6.45, 7) is 1.62. The normalized spacial score (nSPS) is 10.9. The van der Waals surface area contributed by atoms with Crippen molar-refractivity contribution in [3.63, 3.8) is 0 Å². The molecule has 0 fully saturated rings. The maximum atomic E-state index is 12.7. The zero-order valence-electron chi connectivity index (χ0n) is 9.14. The van der Waals surface area contributed by atoms with Crippen LogP contribution in [0.15, 0.2) is 12.1 Å². The standard InChI is InChI=1S/C11H7F3INO2/c1-2-18-10(17)7-4-8(11(12,13)14)6(5-16)3-9(7)15/h3-4H,2H2,1H3. The molecule has 7 heteroatoms. The second-order valence-electron chi connectivity index (χ2n) is 3.21. The maximum absolute atomic E-state index is 12.7. The lowest BCUT2D eigenvalue weighted by atomic mass is 10.0. The van der Waals surface area contributed by atoms with E-state index in [1.165, 1.54) is 6.07 Å². The highest BCUT2D eigenvalue weighted by Gasteiger charge is 2.35. The van der Waals surface area contributed by atoms with Crippen LogP contribution < -0.4 is 0 Å². The van der Waals surface area contributed by atoms with Gasteiger partial charge in [-0.1, -0.05) is 0 Å². The van der Waals surface area contributed by atoms with Crippen LogP contribution in [0.1, 0.15) is 28.4 Å². The molecule has 0 aliphatic carbocycles. The molecule has 0 aromatic heterocycles. The van der Waals surface area contributed by atoms with Gasteiger partial charge in [0.25, 0.3) is 0 Å². The number of nitriles is 1. The molecule has 1 aromatic rings. The zero-order chi connectivity index (χ0) is 13.9. The van der Waals surface area contributed by atoms with Gasteiger partial charge in [0.1, 0.15) is 0 Å². The molecule has 0 atom stereocenters. The van der Waals surface area contributed by atoms with Crippen LogP contribution >= 0.6 is 22.6 Å². The van der Waals surface area contributed by atoms with Crippen molar-refractivity contribution in [1.82, 2.24) is 0 Å². The summed E-state index contributed by atoms with van der Waals surface area (Å²) in [7, 11) is 0. The van der Waals surface area contributed by atoms with Gasteiger partial charge in [-0.2, -0.15) is 18.4 Å². The number of carbonyl (C=O) groups excluding carboxylic acids is 1. The van der Waals surface area contributed by atoms with Crippen LogP contribution in [-0.4, -0.2) is 12.6 Å². The third-order valence-electron chi connectivity index (χ3n) is 2.03. The number of rotatable bonds is 2. The Morgan fingerprint density at radius 2 is 2.11 bits per heavy atom. The Bertz CT molecular complexity index is 520. The van der Waals surface area contributed by atoms with Gasteiger partial charge in [-0.3, -0.25) is 0 Å². The lowest BCUT2D eigenvalue weighted by molar-refractivity contribution is -0.137. The number of alkyl halides is 3. The van der Waals surface area contributed by atoms with E-state index in [9.17, 15) is 18.0 Å². The van der Waals surface area contributed by atoms with Crippen molar-refractivity contribution >= 4 is 28.6 Å². The fraction of sp³-hybridized carbons (Fsp3) is 0.273. The highest BCUT2D eigenvalue weighted by Crippen LogP contribution is 2.34. The van der Waals surface area contributed by atoms with Gasteiger partial charge >= 0.3 is 12.1 Å². The molecule has 3 nitrogen and oxygen atoms in total. The zero-order valence-corrected chi connectivity index (χ0v) is 11.3. The van der Waals surface area contributed by atoms with E-state index in [1.54, 1.807) is 29.5 Å². The summed E-state index contributed by atoms with van der Waals surface area (Å²) in [5, 5.41) is 8.67. The minimum Gasteiger partial charge on any atom is -0.462 e. The van der Waals surface area contributed by atoms with Gasteiger partial charge in [0, 0.05) is 3.57 Å². The smallest absolute Gasteiger partial charge is 0.417 e. The minimum absolute atomic E-state index is 0.0657. The quantitative estimate of drug-likeness (QED) is 0.594. The Morgan fingerprint density at radius 3 is 2.56 bits per heavy atom. The lowest BCUT2D eigenvalue weighted by Crippen LogP contribution is -2.13. The number of hydrogen-bond acceptors (Lipinski definition) is 3. The largest absolute Gasteiger partial charge is 0.462 e. The van der Waals surface area contributed by atoms with Crippen LogP contribution in [0, 0.1) is 14.9 Å². The minimum atomic E-state index is -4.68. The van der Waals surface area contributed by atoms with Gasteiger partial charge in [0.2, 0.25) is 0 Å². The van der Waals surface area contributed by atoms with Crippen molar-refractivity contribution in [2.45, 2.75) is 13.1 Å². The van der Waals surface area contributed by atoms with Crippen LogP contribution in [0.25, 0.3) is 0 Å². The molecule has 0 aliphatic rings. The van der Waals surface area contributed by atoms with E-state index < -0.39 is 23.3 Å². The maximum Gasteiger partial charge on any atom is 0.417 e. The van der Waals surface area contributed by atoms with E-state index in [0.717, 1.165) is 6.07 Å². The predicted octanol–water partition coefficient (Wildman–Crippen LogP) is 3.36. The van der Waals surface area contributed by atoms with Crippen molar-refractivity contribution in [3.05, 3.63) is 32.4 Å². The van der Waals surface area contributed by atoms with Gasteiger partial charge < -0.3 is 4.74 Å². The van der Waals surface area contributed by atoms with Crippen molar-refractivity contribution in [2.24, 2.45) is 0 Å². The Labute approximate surface area is 115 Å². The van der Waals surface area contributed by atoms with Gasteiger partial charge in [-0.15, -0.1) is 0 Å². The SMILES string of the molecule is CCOC(=O)c1cc(C(F)(F)F)c(C#N)cc1I. The molecule has 0 saturated heterocycles. The van der Waals surface area contributed by atoms with E-state index in [0.29, 0.717) is 6.07 Å². The molecular weight excluding hydrogens is 362 g/mol. The average molecular weight is 369 g/mol. The molecule has 1 aromatic carbocycles. The summed E-state index contributed by atoms with van der Waals surface area (Å²) in [6.07, 6.45) is -4.68. The molecule has 0 unspecified atom stereocenters. The molecule has 96 valence electrons. The number of nitrogens with zero attached hydrogens (tertiary/aromatic N) is 1. The van der Waals surface area contributed by atoms with Crippen molar-refractivity contribution in [3.8, 4) is 6.07 Å². The van der Waals surface area contributed by atoms with Crippen LogP contribution in [-0.2, 0) is 10.9 Å². The molecule has 1 rings (SSSR count). The summed E-state index contributed by atoms with van der Waals surface area (Å²) >= 11 is 1.69. The highest BCUT2D eigenvalue weighted by atomic mass is 127. The Kier molecular flexibility index (Phi) is 4.56. The first-order chi connectivity index (χ1) is 8.31. The Balaban J connectivity index is 3.41. The molecule has 0 bridgehead atoms. The van der Waals surface area contributed by atoms with E-state index >= 15 is 0 Å². The van der Waals surface area contributed by atoms with Gasteiger partial charge in [0.05, 0.1) is 29.4 Å². The molecular formula is C11H7F3INO2. The number of carbonyl (C=O) groups is 1. The first-order valence-electron chi connectivity index (χ1n) is 4.79. The van der Waals surface area contributed by atoms with Gasteiger partial charge in [-0.05, 0) is 41.6 Å². The predicted molar refractivity (Wildman–Crippen MR) is 64.8 cm³/mol. The second-order valence-corrected chi connectivity index (χ2v) is 4.37. The summed E-state index contributed by atoms with van der Waals surface area (Å²) in [5.74, 6) is -0.836. The summed E-state index contributed by atoms with van der Waals surface area (Å²) in [4.78, 5) is 11.5. The molecule has 0 saturated carbocycles. The van der Waals surface area contributed by atoms with E-state index in [-0.39, 0.29) is 15.7 Å². The number of benzene rings is 1. The molecule has 0 amide bonds. The Morgan fingerprint density at radius 1 is 1.50 bits per heavy atom. The van der Waals surface area contributed by atoms with Gasteiger partial charge in [-0.25, -0.2) is 4.79 Å². The number of esters is 1. The third kappa shape index (κ3) is 3.13. The summed E-state index contributed by atoms with van der Waals surface area (Å²) < 4.78 is 43.0. The van der Waals surface area contributed by atoms with E-state index in [1.807, 2.05) is 0 Å². The van der Waals surface area contributed by atoms with Crippen LogP contribution in [0.3, 0.4) is 0 Å². The first kappa shape index (κ1) is 14.8. The van der Waals surface area contributed by atoms with Gasteiger partial charge in [0.15, 0.2) is 0 Å². The molecule has 0 radical (unpaired) electrons. The van der Waals surface area contributed by atoms with Crippen molar-refractivity contribution < 1.29 is 22.7 Å². The molecule has 18 heavy (non-hydrogen) atoms.